The highest BCUT2D eigenvalue weighted by Gasteiger charge is 2.08. The molecule has 0 spiro atoms. The highest BCUT2D eigenvalue weighted by molar-refractivity contribution is 6.02. The molecule has 1 heterocycles. The molecule has 0 saturated carbocycles. The smallest absolute Gasteiger partial charge is 0.275 e. The van der Waals surface area contributed by atoms with Crippen molar-refractivity contribution in [1.82, 2.24) is 9.97 Å². The summed E-state index contributed by atoms with van der Waals surface area (Å²) in [6.07, 6.45) is 3.00. The zero-order valence-electron chi connectivity index (χ0n) is 11.2. The minimum atomic E-state index is -0.312. The number of carbonyl (C=O) groups is 1. The van der Waals surface area contributed by atoms with Crippen LogP contribution in [0, 0.1) is 6.92 Å². The van der Waals surface area contributed by atoms with Crippen molar-refractivity contribution >= 4 is 11.6 Å². The molecule has 0 saturated heterocycles. The first-order valence-corrected chi connectivity index (χ1v) is 6.22. The first kappa shape index (κ1) is 14.0. The molecule has 0 unspecified atom stereocenters. The summed E-state index contributed by atoms with van der Waals surface area (Å²) in [5, 5.41) is 2.74. The molecule has 3 N–H and O–H groups in total. The number of ether oxygens (including phenoxy) is 1. The second kappa shape index (κ2) is 6.63. The fourth-order valence-electron chi connectivity index (χ4n) is 1.55. The summed E-state index contributed by atoms with van der Waals surface area (Å²) in [6.45, 7) is 2.68. The van der Waals surface area contributed by atoms with E-state index in [2.05, 4.69) is 15.3 Å². The summed E-state index contributed by atoms with van der Waals surface area (Å²) >= 11 is 0. The van der Waals surface area contributed by atoms with E-state index in [-0.39, 0.29) is 11.6 Å². The predicted molar refractivity (Wildman–Crippen MR) is 75.7 cm³/mol. The zero-order chi connectivity index (χ0) is 14.4. The molecule has 20 heavy (non-hydrogen) atoms. The monoisotopic (exact) mass is 272 g/mol. The predicted octanol–water partition coefficient (Wildman–Crippen LogP) is 1.37. The van der Waals surface area contributed by atoms with Gasteiger partial charge in [-0.2, -0.15) is 0 Å². The van der Waals surface area contributed by atoms with Crippen LogP contribution in [0.3, 0.4) is 0 Å². The van der Waals surface area contributed by atoms with E-state index in [1.54, 1.807) is 30.5 Å². The lowest BCUT2D eigenvalue weighted by Gasteiger charge is -2.08. The molecule has 1 aromatic heterocycles. The van der Waals surface area contributed by atoms with Crippen molar-refractivity contribution in [3.05, 3.63) is 48.0 Å². The van der Waals surface area contributed by atoms with Crippen molar-refractivity contribution < 1.29 is 9.53 Å². The van der Waals surface area contributed by atoms with E-state index >= 15 is 0 Å². The number of aryl methyl sites for hydroxylation is 1. The van der Waals surface area contributed by atoms with Crippen molar-refractivity contribution in [1.29, 1.82) is 0 Å². The molecule has 1 aromatic carbocycles. The average Bonchev–Trinajstić information content (AvgIpc) is 2.46. The third-order valence-electron chi connectivity index (χ3n) is 2.49. The first-order valence-electron chi connectivity index (χ1n) is 6.22. The number of amides is 1. The van der Waals surface area contributed by atoms with Crippen LogP contribution in [0.5, 0.6) is 5.75 Å². The van der Waals surface area contributed by atoms with Crippen LogP contribution in [0.4, 0.5) is 5.69 Å². The van der Waals surface area contributed by atoms with E-state index in [0.717, 1.165) is 5.69 Å². The number of hydrogen-bond acceptors (Lipinski definition) is 5. The molecule has 0 radical (unpaired) electrons. The molecule has 6 heteroatoms. The zero-order valence-corrected chi connectivity index (χ0v) is 11.2. The second-order valence-corrected chi connectivity index (χ2v) is 4.16. The minimum Gasteiger partial charge on any atom is -0.492 e. The molecule has 0 atom stereocenters. The van der Waals surface area contributed by atoms with E-state index in [1.165, 1.54) is 6.20 Å². The summed E-state index contributed by atoms with van der Waals surface area (Å²) in [5.74, 6) is 0.344. The third-order valence-corrected chi connectivity index (χ3v) is 2.49. The van der Waals surface area contributed by atoms with Crippen molar-refractivity contribution in [3.8, 4) is 5.75 Å². The van der Waals surface area contributed by atoms with Crippen LogP contribution in [0.25, 0.3) is 0 Å². The van der Waals surface area contributed by atoms with Crippen LogP contribution in [0.1, 0.15) is 16.2 Å². The molecule has 0 fully saturated rings. The molecule has 2 rings (SSSR count). The first-order chi connectivity index (χ1) is 9.69. The van der Waals surface area contributed by atoms with Gasteiger partial charge in [-0.15, -0.1) is 0 Å². The molecule has 0 aliphatic carbocycles. The van der Waals surface area contributed by atoms with Gasteiger partial charge in [0.2, 0.25) is 0 Å². The maximum Gasteiger partial charge on any atom is 0.275 e. The summed E-state index contributed by atoms with van der Waals surface area (Å²) in [6, 6.07) is 7.10. The average molecular weight is 272 g/mol. The number of carbonyl (C=O) groups excluding carboxylic acids is 1. The Bertz CT molecular complexity index is 584. The van der Waals surface area contributed by atoms with E-state index in [9.17, 15) is 4.79 Å². The topological polar surface area (TPSA) is 90.1 Å². The number of benzene rings is 1. The quantitative estimate of drug-likeness (QED) is 0.858. The molecule has 6 nitrogen and oxygen atoms in total. The Labute approximate surface area is 117 Å². The third kappa shape index (κ3) is 3.76. The number of nitrogens with two attached hydrogens (primary N) is 1. The number of nitrogens with one attached hydrogen (secondary N) is 1. The molecule has 0 aliphatic rings. The van der Waals surface area contributed by atoms with Crippen LogP contribution >= 0.6 is 0 Å². The summed E-state index contributed by atoms with van der Waals surface area (Å²) < 4.78 is 5.39. The normalized spacial score (nSPS) is 10.1. The van der Waals surface area contributed by atoms with Gasteiger partial charge >= 0.3 is 0 Å². The molecule has 104 valence electrons. The van der Waals surface area contributed by atoms with E-state index in [1.807, 2.05) is 6.92 Å². The van der Waals surface area contributed by atoms with Crippen molar-refractivity contribution in [2.75, 3.05) is 18.5 Å². The van der Waals surface area contributed by atoms with Gasteiger partial charge in [-0.3, -0.25) is 9.78 Å². The lowest BCUT2D eigenvalue weighted by Crippen LogP contribution is -2.14. The number of rotatable bonds is 5. The van der Waals surface area contributed by atoms with E-state index < -0.39 is 0 Å². The number of nitrogens with zero attached hydrogens (tertiary/aromatic N) is 2. The largest absolute Gasteiger partial charge is 0.492 e. The van der Waals surface area contributed by atoms with Gasteiger partial charge in [0.1, 0.15) is 18.1 Å². The molecule has 2 aromatic rings. The molecule has 1 amide bonds. The van der Waals surface area contributed by atoms with Crippen LogP contribution in [-0.4, -0.2) is 29.0 Å². The van der Waals surface area contributed by atoms with Crippen molar-refractivity contribution in [3.63, 3.8) is 0 Å². The van der Waals surface area contributed by atoms with Gasteiger partial charge in [0.05, 0.1) is 11.9 Å². The van der Waals surface area contributed by atoms with Crippen LogP contribution in [-0.2, 0) is 0 Å². The highest BCUT2D eigenvalue weighted by Crippen LogP contribution is 2.17. The van der Waals surface area contributed by atoms with Crippen molar-refractivity contribution in [2.24, 2.45) is 5.73 Å². The number of aromatic nitrogens is 2. The molecule has 0 aliphatic heterocycles. The van der Waals surface area contributed by atoms with Gasteiger partial charge in [0, 0.05) is 24.5 Å². The minimum absolute atomic E-state index is 0.267. The fraction of sp³-hybridized carbons (Fsp3) is 0.214. The molecule has 0 bridgehead atoms. The lowest BCUT2D eigenvalue weighted by molar-refractivity contribution is 0.102. The van der Waals surface area contributed by atoms with Gasteiger partial charge < -0.3 is 15.8 Å². The van der Waals surface area contributed by atoms with Gasteiger partial charge in [-0.25, -0.2) is 4.98 Å². The van der Waals surface area contributed by atoms with Crippen LogP contribution < -0.4 is 15.8 Å². The SMILES string of the molecule is Cc1cnc(C(=O)Nc2cccc(OCCN)c2)cn1. The standard InChI is InChI=1S/C14H16N4O2/c1-10-8-17-13(9-16-10)14(19)18-11-3-2-4-12(7-11)20-6-5-15/h2-4,7-9H,5-6,15H2,1H3,(H,18,19). The second-order valence-electron chi connectivity index (χ2n) is 4.16. The number of hydrogen-bond donors (Lipinski definition) is 2. The van der Waals surface area contributed by atoms with Gasteiger partial charge in [0.15, 0.2) is 0 Å². The highest BCUT2D eigenvalue weighted by atomic mass is 16.5. The lowest BCUT2D eigenvalue weighted by atomic mass is 10.3. The van der Waals surface area contributed by atoms with Gasteiger partial charge in [-0.1, -0.05) is 6.07 Å². The summed E-state index contributed by atoms with van der Waals surface area (Å²) in [7, 11) is 0. The Balaban J connectivity index is 2.05. The van der Waals surface area contributed by atoms with Crippen molar-refractivity contribution in [2.45, 2.75) is 6.92 Å². The Hall–Kier alpha value is -2.47. The van der Waals surface area contributed by atoms with Crippen LogP contribution in [0.2, 0.25) is 0 Å². The van der Waals surface area contributed by atoms with Crippen LogP contribution in [0.15, 0.2) is 36.7 Å². The Morgan fingerprint density at radius 3 is 2.90 bits per heavy atom. The van der Waals surface area contributed by atoms with E-state index in [0.29, 0.717) is 24.6 Å². The van der Waals surface area contributed by atoms with Gasteiger partial charge in [0.25, 0.3) is 5.91 Å². The molecular formula is C14H16N4O2. The Morgan fingerprint density at radius 1 is 1.35 bits per heavy atom. The summed E-state index contributed by atoms with van der Waals surface area (Å²) in [4.78, 5) is 20.0. The fourth-order valence-corrected chi connectivity index (χ4v) is 1.55. The Kier molecular flexibility index (Phi) is 4.62. The Morgan fingerprint density at radius 2 is 2.20 bits per heavy atom. The molecular weight excluding hydrogens is 256 g/mol. The van der Waals surface area contributed by atoms with Gasteiger partial charge in [-0.05, 0) is 19.1 Å². The summed E-state index contributed by atoms with van der Waals surface area (Å²) in [5.41, 5.74) is 7.03. The maximum absolute atomic E-state index is 12.0. The van der Waals surface area contributed by atoms with E-state index in [4.69, 9.17) is 10.5 Å². The maximum atomic E-state index is 12.0. The number of anilines is 1.